The van der Waals surface area contributed by atoms with Gasteiger partial charge in [0, 0.05) is 25.5 Å². The number of ether oxygens (including phenoxy) is 2. The van der Waals surface area contributed by atoms with Crippen LogP contribution in [0.15, 0.2) is 18.2 Å². The Morgan fingerprint density at radius 1 is 1.13 bits per heavy atom. The van der Waals surface area contributed by atoms with Gasteiger partial charge in [0.1, 0.15) is 12.3 Å². The summed E-state index contributed by atoms with van der Waals surface area (Å²) in [6.07, 6.45) is 0. The SMILES string of the molecule is COCCOC(=O)c1c(C)[nH]c(C(=O)N(C)CC(=O)Nc2ccc(Cl)c(Cl)c2)c1C. The van der Waals surface area contributed by atoms with Crippen LogP contribution in [0.3, 0.4) is 0 Å². The molecule has 10 heteroatoms. The maximum atomic E-state index is 12.8. The first-order chi connectivity index (χ1) is 14.1. The molecule has 2 aromatic rings. The number of carbonyl (C=O) groups excluding carboxylic acids is 3. The summed E-state index contributed by atoms with van der Waals surface area (Å²) in [4.78, 5) is 41.5. The molecule has 1 aromatic carbocycles. The van der Waals surface area contributed by atoms with E-state index in [1.165, 1.54) is 25.1 Å². The third-order valence-corrected chi connectivity index (χ3v) is 5.05. The molecule has 0 aliphatic rings. The number of aromatic amines is 1. The van der Waals surface area contributed by atoms with Gasteiger partial charge in [-0.2, -0.15) is 0 Å². The van der Waals surface area contributed by atoms with Crippen LogP contribution >= 0.6 is 23.2 Å². The number of hydrogen-bond donors (Lipinski definition) is 2. The van der Waals surface area contributed by atoms with Crippen molar-refractivity contribution in [2.75, 3.05) is 39.2 Å². The highest BCUT2D eigenvalue weighted by Crippen LogP contribution is 2.25. The molecule has 1 heterocycles. The smallest absolute Gasteiger partial charge is 0.340 e. The average molecular weight is 456 g/mol. The van der Waals surface area contributed by atoms with Crippen molar-refractivity contribution >= 4 is 46.7 Å². The van der Waals surface area contributed by atoms with E-state index in [2.05, 4.69) is 10.3 Å². The van der Waals surface area contributed by atoms with Crippen LogP contribution in [-0.2, 0) is 14.3 Å². The van der Waals surface area contributed by atoms with Crippen LogP contribution < -0.4 is 5.32 Å². The molecule has 2 amide bonds. The van der Waals surface area contributed by atoms with Crippen molar-refractivity contribution < 1.29 is 23.9 Å². The van der Waals surface area contributed by atoms with Crippen LogP contribution in [-0.4, -0.2) is 61.6 Å². The number of anilines is 1. The number of H-pyrrole nitrogens is 1. The predicted molar refractivity (Wildman–Crippen MR) is 114 cm³/mol. The first kappa shape index (κ1) is 23.7. The van der Waals surface area contributed by atoms with Gasteiger partial charge < -0.3 is 24.7 Å². The quantitative estimate of drug-likeness (QED) is 0.468. The molecule has 0 aliphatic carbocycles. The van der Waals surface area contributed by atoms with Crippen molar-refractivity contribution in [3.63, 3.8) is 0 Å². The third-order valence-electron chi connectivity index (χ3n) is 4.31. The van der Waals surface area contributed by atoms with E-state index in [4.69, 9.17) is 32.7 Å². The van der Waals surface area contributed by atoms with E-state index in [0.717, 1.165) is 0 Å². The molecule has 0 saturated carbocycles. The van der Waals surface area contributed by atoms with E-state index >= 15 is 0 Å². The number of rotatable bonds is 8. The minimum absolute atomic E-state index is 0.109. The Morgan fingerprint density at radius 3 is 2.47 bits per heavy atom. The van der Waals surface area contributed by atoms with Gasteiger partial charge in [-0.1, -0.05) is 23.2 Å². The lowest BCUT2D eigenvalue weighted by Gasteiger charge is -2.17. The largest absolute Gasteiger partial charge is 0.460 e. The maximum Gasteiger partial charge on any atom is 0.340 e. The molecule has 0 fully saturated rings. The molecule has 0 radical (unpaired) electrons. The first-order valence-corrected chi connectivity index (χ1v) is 9.76. The molecule has 0 atom stereocenters. The number of likely N-dealkylation sites (N-methyl/N-ethyl adjacent to an activating group) is 1. The molecule has 2 rings (SSSR count). The van der Waals surface area contributed by atoms with Gasteiger partial charge in [-0.15, -0.1) is 0 Å². The highest BCUT2D eigenvalue weighted by atomic mass is 35.5. The molecule has 30 heavy (non-hydrogen) atoms. The van der Waals surface area contributed by atoms with Crippen LogP contribution in [0.4, 0.5) is 5.69 Å². The topological polar surface area (TPSA) is 101 Å². The number of hydrogen-bond acceptors (Lipinski definition) is 5. The fourth-order valence-corrected chi connectivity index (χ4v) is 3.11. The monoisotopic (exact) mass is 455 g/mol. The van der Waals surface area contributed by atoms with E-state index in [0.29, 0.717) is 32.6 Å². The summed E-state index contributed by atoms with van der Waals surface area (Å²) in [6, 6.07) is 4.68. The second-order valence-electron chi connectivity index (χ2n) is 6.59. The van der Waals surface area contributed by atoms with Crippen molar-refractivity contribution in [3.8, 4) is 0 Å². The number of aryl methyl sites for hydroxylation is 1. The van der Waals surface area contributed by atoms with E-state index in [1.54, 1.807) is 26.0 Å². The number of halogens is 2. The van der Waals surface area contributed by atoms with Crippen molar-refractivity contribution in [3.05, 3.63) is 50.8 Å². The number of esters is 1. The van der Waals surface area contributed by atoms with Gasteiger partial charge in [-0.3, -0.25) is 9.59 Å². The molecule has 0 unspecified atom stereocenters. The summed E-state index contributed by atoms with van der Waals surface area (Å²) < 4.78 is 10.00. The van der Waals surface area contributed by atoms with Gasteiger partial charge in [-0.25, -0.2) is 4.79 Å². The molecular weight excluding hydrogens is 433 g/mol. The van der Waals surface area contributed by atoms with E-state index < -0.39 is 17.8 Å². The minimum Gasteiger partial charge on any atom is -0.460 e. The Balaban J connectivity index is 2.06. The molecule has 8 nitrogen and oxygen atoms in total. The number of nitrogens with zero attached hydrogens (tertiary/aromatic N) is 1. The normalized spacial score (nSPS) is 10.6. The van der Waals surface area contributed by atoms with Crippen molar-refractivity contribution in [2.45, 2.75) is 13.8 Å². The van der Waals surface area contributed by atoms with E-state index in [-0.39, 0.29) is 25.5 Å². The predicted octanol–water partition coefficient (Wildman–Crippen LogP) is 3.45. The van der Waals surface area contributed by atoms with E-state index in [1.807, 2.05) is 0 Å². The van der Waals surface area contributed by atoms with Gasteiger partial charge in [0.15, 0.2) is 0 Å². The standard InChI is InChI=1S/C20H23Cl2N3O5/c1-11-17(20(28)30-8-7-29-4)12(2)23-18(11)19(27)25(3)10-16(26)24-13-5-6-14(21)15(22)9-13/h5-6,9,23H,7-8,10H2,1-4H3,(H,24,26). The fraction of sp³-hybridized carbons (Fsp3) is 0.350. The summed E-state index contributed by atoms with van der Waals surface area (Å²) in [6.45, 7) is 3.50. The van der Waals surface area contributed by atoms with Crippen molar-refractivity contribution in [1.82, 2.24) is 9.88 Å². The second kappa shape index (κ2) is 10.5. The average Bonchev–Trinajstić information content (AvgIpc) is 2.98. The number of nitrogens with one attached hydrogen (secondary N) is 2. The highest BCUT2D eigenvalue weighted by Gasteiger charge is 2.25. The molecule has 162 valence electrons. The molecule has 2 N–H and O–H groups in total. The molecule has 0 spiro atoms. The summed E-state index contributed by atoms with van der Waals surface area (Å²) in [5, 5.41) is 3.33. The Hall–Kier alpha value is -2.55. The van der Waals surface area contributed by atoms with E-state index in [9.17, 15) is 14.4 Å². The third kappa shape index (κ3) is 5.75. The van der Waals surface area contributed by atoms with Crippen LogP contribution in [0.25, 0.3) is 0 Å². The van der Waals surface area contributed by atoms with Crippen LogP contribution in [0.1, 0.15) is 32.1 Å². The highest BCUT2D eigenvalue weighted by molar-refractivity contribution is 6.42. The number of methoxy groups -OCH3 is 1. The van der Waals surface area contributed by atoms with Crippen molar-refractivity contribution in [1.29, 1.82) is 0 Å². The lowest BCUT2D eigenvalue weighted by molar-refractivity contribution is -0.116. The molecule has 1 aromatic heterocycles. The summed E-state index contributed by atoms with van der Waals surface area (Å²) >= 11 is 11.8. The van der Waals surface area contributed by atoms with Gasteiger partial charge in [-0.05, 0) is 37.6 Å². The number of carbonyl (C=O) groups is 3. The lowest BCUT2D eigenvalue weighted by atomic mass is 10.1. The van der Waals surface area contributed by atoms with Gasteiger partial charge in [0.25, 0.3) is 5.91 Å². The van der Waals surface area contributed by atoms with Crippen molar-refractivity contribution in [2.24, 2.45) is 0 Å². The Bertz CT molecular complexity index is 958. The van der Waals surface area contributed by atoms with Gasteiger partial charge >= 0.3 is 5.97 Å². The zero-order valence-electron chi connectivity index (χ0n) is 17.1. The zero-order valence-corrected chi connectivity index (χ0v) is 18.6. The summed E-state index contributed by atoms with van der Waals surface area (Å²) in [5.74, 6) is -1.39. The van der Waals surface area contributed by atoms with Crippen LogP contribution in [0.5, 0.6) is 0 Å². The Kier molecular flexibility index (Phi) is 8.28. The molecule has 0 bridgehead atoms. The molecule has 0 saturated heterocycles. The lowest BCUT2D eigenvalue weighted by Crippen LogP contribution is -2.35. The van der Waals surface area contributed by atoms with Gasteiger partial charge in [0.05, 0.1) is 28.8 Å². The Morgan fingerprint density at radius 2 is 1.83 bits per heavy atom. The minimum atomic E-state index is -0.544. The Labute approximate surface area is 184 Å². The van der Waals surface area contributed by atoms with Crippen LogP contribution in [0.2, 0.25) is 10.0 Å². The fourth-order valence-electron chi connectivity index (χ4n) is 2.81. The number of amides is 2. The number of benzene rings is 1. The second-order valence-corrected chi connectivity index (χ2v) is 7.41. The van der Waals surface area contributed by atoms with Crippen LogP contribution in [0, 0.1) is 13.8 Å². The summed E-state index contributed by atoms with van der Waals surface area (Å²) in [7, 11) is 2.99. The summed E-state index contributed by atoms with van der Waals surface area (Å²) in [5.41, 5.74) is 1.94. The molecular formula is C20H23Cl2N3O5. The zero-order chi connectivity index (χ0) is 22.4. The number of aromatic nitrogens is 1. The van der Waals surface area contributed by atoms with Gasteiger partial charge in [0.2, 0.25) is 5.91 Å². The first-order valence-electron chi connectivity index (χ1n) is 9.01. The molecule has 0 aliphatic heterocycles. The maximum absolute atomic E-state index is 12.8.